The third-order valence-corrected chi connectivity index (χ3v) is 2.55. The van der Waals surface area contributed by atoms with Gasteiger partial charge in [-0.05, 0) is 6.42 Å². The van der Waals surface area contributed by atoms with Crippen LogP contribution in [0.2, 0.25) is 0 Å². The molecule has 0 aliphatic carbocycles. The van der Waals surface area contributed by atoms with Crippen molar-refractivity contribution in [3.8, 4) is 0 Å². The number of halogens is 2. The summed E-state index contributed by atoms with van der Waals surface area (Å²) in [4.78, 5) is 0. The molecule has 0 amide bonds. The van der Waals surface area contributed by atoms with Crippen LogP contribution in [0, 0.1) is 0 Å². The van der Waals surface area contributed by atoms with Gasteiger partial charge in [-0.15, -0.1) is 0 Å². The average Bonchev–Trinajstić information content (AvgIpc) is 2.29. The SMILES string of the molecule is CCCCOC(COCCBr)COCCBr. The molecule has 0 aliphatic rings. The molecular formula is C11H22Br2O3. The summed E-state index contributed by atoms with van der Waals surface area (Å²) >= 11 is 6.65. The standard InChI is InChI=1S/C11H22Br2O3/c1-2-3-6-16-11(9-14-7-4-12)10-15-8-5-13/h11H,2-10H2,1H3. The molecule has 0 aromatic rings. The largest absolute Gasteiger partial charge is 0.378 e. The third kappa shape index (κ3) is 11.3. The lowest BCUT2D eigenvalue weighted by atomic mass is 10.3. The van der Waals surface area contributed by atoms with Crippen molar-refractivity contribution in [1.82, 2.24) is 0 Å². The summed E-state index contributed by atoms with van der Waals surface area (Å²) in [6.07, 6.45) is 2.30. The van der Waals surface area contributed by atoms with Crippen molar-refractivity contribution in [3.05, 3.63) is 0 Å². The number of hydrogen-bond donors (Lipinski definition) is 0. The topological polar surface area (TPSA) is 27.7 Å². The summed E-state index contributed by atoms with van der Waals surface area (Å²) in [6, 6.07) is 0. The molecule has 5 heteroatoms. The summed E-state index contributed by atoms with van der Waals surface area (Å²) in [6.45, 7) is 5.59. The van der Waals surface area contributed by atoms with E-state index in [2.05, 4.69) is 38.8 Å². The van der Waals surface area contributed by atoms with Gasteiger partial charge in [0.05, 0.1) is 26.4 Å². The maximum Gasteiger partial charge on any atom is 0.104 e. The van der Waals surface area contributed by atoms with E-state index in [0.717, 1.165) is 30.1 Å². The Hall–Kier alpha value is 0.840. The van der Waals surface area contributed by atoms with E-state index >= 15 is 0 Å². The molecule has 0 rings (SSSR count). The van der Waals surface area contributed by atoms with Crippen LogP contribution in [0.15, 0.2) is 0 Å². The summed E-state index contributed by atoms with van der Waals surface area (Å²) in [5.41, 5.74) is 0. The zero-order valence-electron chi connectivity index (χ0n) is 9.92. The van der Waals surface area contributed by atoms with Crippen molar-refractivity contribution in [1.29, 1.82) is 0 Å². The van der Waals surface area contributed by atoms with Crippen molar-refractivity contribution in [2.75, 3.05) is 43.7 Å². The fourth-order valence-corrected chi connectivity index (χ4v) is 1.54. The zero-order valence-corrected chi connectivity index (χ0v) is 13.1. The number of rotatable bonds is 12. The van der Waals surface area contributed by atoms with Crippen LogP contribution in [0.3, 0.4) is 0 Å². The number of ether oxygens (including phenoxy) is 3. The maximum absolute atomic E-state index is 5.70. The van der Waals surface area contributed by atoms with Crippen molar-refractivity contribution >= 4 is 31.9 Å². The Morgan fingerprint density at radius 2 is 1.50 bits per heavy atom. The molecule has 0 spiro atoms. The maximum atomic E-state index is 5.70. The monoisotopic (exact) mass is 360 g/mol. The van der Waals surface area contributed by atoms with Crippen LogP contribution in [0.5, 0.6) is 0 Å². The Kier molecular flexibility index (Phi) is 14.6. The molecule has 0 fully saturated rings. The molecule has 0 heterocycles. The molecular weight excluding hydrogens is 340 g/mol. The fraction of sp³-hybridized carbons (Fsp3) is 1.00. The van der Waals surface area contributed by atoms with Crippen LogP contribution in [0.25, 0.3) is 0 Å². The van der Waals surface area contributed by atoms with Gasteiger partial charge in [0.15, 0.2) is 0 Å². The Balaban J connectivity index is 3.58. The number of hydrogen-bond acceptors (Lipinski definition) is 3. The van der Waals surface area contributed by atoms with Crippen molar-refractivity contribution < 1.29 is 14.2 Å². The highest BCUT2D eigenvalue weighted by atomic mass is 79.9. The first-order chi connectivity index (χ1) is 7.85. The molecule has 0 unspecified atom stereocenters. The van der Waals surface area contributed by atoms with Gasteiger partial charge in [-0.3, -0.25) is 0 Å². The zero-order chi connectivity index (χ0) is 12.1. The van der Waals surface area contributed by atoms with Crippen LogP contribution in [-0.2, 0) is 14.2 Å². The molecule has 3 nitrogen and oxygen atoms in total. The molecule has 0 aliphatic heterocycles. The van der Waals surface area contributed by atoms with Crippen molar-refractivity contribution in [2.45, 2.75) is 25.9 Å². The van der Waals surface area contributed by atoms with Gasteiger partial charge in [0.2, 0.25) is 0 Å². The van der Waals surface area contributed by atoms with Gasteiger partial charge in [0.1, 0.15) is 6.10 Å². The van der Waals surface area contributed by atoms with Crippen molar-refractivity contribution in [2.24, 2.45) is 0 Å². The average molecular weight is 362 g/mol. The molecule has 0 aromatic carbocycles. The summed E-state index contributed by atoms with van der Waals surface area (Å²) in [7, 11) is 0. The molecule has 16 heavy (non-hydrogen) atoms. The summed E-state index contributed by atoms with van der Waals surface area (Å²) in [5, 5.41) is 1.72. The molecule has 0 bridgehead atoms. The van der Waals surface area contributed by atoms with Gasteiger partial charge in [-0.2, -0.15) is 0 Å². The smallest absolute Gasteiger partial charge is 0.104 e. The highest BCUT2D eigenvalue weighted by Gasteiger charge is 2.09. The summed E-state index contributed by atoms with van der Waals surface area (Å²) in [5.74, 6) is 0. The highest BCUT2D eigenvalue weighted by Crippen LogP contribution is 1.99. The van der Waals surface area contributed by atoms with E-state index in [1.54, 1.807) is 0 Å². The second-order valence-electron chi connectivity index (χ2n) is 3.37. The Morgan fingerprint density at radius 3 is 1.94 bits per heavy atom. The predicted octanol–water partition coefficient (Wildman–Crippen LogP) is 2.99. The second kappa shape index (κ2) is 13.9. The molecule has 0 saturated heterocycles. The molecule has 0 saturated carbocycles. The van der Waals surface area contributed by atoms with Crippen molar-refractivity contribution in [3.63, 3.8) is 0 Å². The van der Waals surface area contributed by atoms with Gasteiger partial charge >= 0.3 is 0 Å². The number of alkyl halides is 2. The Bertz CT molecular complexity index is 113. The first-order valence-electron chi connectivity index (χ1n) is 5.74. The van der Waals surface area contributed by atoms with Crippen LogP contribution in [0.1, 0.15) is 19.8 Å². The van der Waals surface area contributed by atoms with E-state index in [1.165, 1.54) is 0 Å². The lowest BCUT2D eigenvalue weighted by Crippen LogP contribution is -2.27. The lowest BCUT2D eigenvalue weighted by molar-refractivity contribution is -0.0559. The predicted molar refractivity (Wildman–Crippen MR) is 73.9 cm³/mol. The normalized spacial score (nSPS) is 11.2. The molecule has 98 valence electrons. The van der Waals surface area contributed by atoms with Crippen LogP contribution in [-0.4, -0.2) is 49.8 Å². The highest BCUT2D eigenvalue weighted by molar-refractivity contribution is 9.09. The van der Waals surface area contributed by atoms with Gasteiger partial charge in [0.25, 0.3) is 0 Å². The number of unbranched alkanes of at least 4 members (excludes halogenated alkanes) is 1. The third-order valence-electron chi connectivity index (χ3n) is 1.90. The molecule has 0 radical (unpaired) electrons. The molecule has 0 aromatic heterocycles. The van der Waals surface area contributed by atoms with Gasteiger partial charge < -0.3 is 14.2 Å². The van der Waals surface area contributed by atoms with E-state index in [-0.39, 0.29) is 6.10 Å². The van der Waals surface area contributed by atoms with E-state index < -0.39 is 0 Å². The Labute approximate surface area is 115 Å². The first kappa shape index (κ1) is 16.8. The quantitative estimate of drug-likeness (QED) is 0.395. The van der Waals surface area contributed by atoms with E-state index in [0.29, 0.717) is 26.4 Å². The minimum atomic E-state index is 0.0599. The van der Waals surface area contributed by atoms with Crippen LogP contribution >= 0.6 is 31.9 Å². The first-order valence-corrected chi connectivity index (χ1v) is 7.98. The fourth-order valence-electron chi connectivity index (χ4n) is 1.08. The van der Waals surface area contributed by atoms with E-state index in [4.69, 9.17) is 14.2 Å². The second-order valence-corrected chi connectivity index (χ2v) is 4.96. The minimum Gasteiger partial charge on any atom is -0.378 e. The van der Waals surface area contributed by atoms with E-state index in [9.17, 15) is 0 Å². The minimum absolute atomic E-state index is 0.0599. The van der Waals surface area contributed by atoms with Gasteiger partial charge in [-0.25, -0.2) is 0 Å². The van der Waals surface area contributed by atoms with Crippen LogP contribution in [0.4, 0.5) is 0 Å². The molecule has 0 N–H and O–H groups in total. The summed E-state index contributed by atoms with van der Waals surface area (Å²) < 4.78 is 16.6. The van der Waals surface area contributed by atoms with Gasteiger partial charge in [-0.1, -0.05) is 45.2 Å². The Morgan fingerprint density at radius 1 is 0.938 bits per heavy atom. The lowest BCUT2D eigenvalue weighted by Gasteiger charge is -2.17. The van der Waals surface area contributed by atoms with Crippen LogP contribution < -0.4 is 0 Å². The molecule has 0 atom stereocenters. The van der Waals surface area contributed by atoms with E-state index in [1.807, 2.05) is 0 Å². The van der Waals surface area contributed by atoms with Gasteiger partial charge in [0, 0.05) is 17.3 Å².